The minimum Gasteiger partial charge on any atom is -0.312 e. The molecular weight excluding hydrogens is 284 g/mol. The van der Waals surface area contributed by atoms with Gasteiger partial charge in [-0.2, -0.15) is 11.8 Å². The molecule has 0 radical (unpaired) electrons. The third-order valence-corrected chi connectivity index (χ3v) is 6.61. The SMILES string of the molecule is c1cc2c(cc1-c1csc(C3CCCS3)n1)CCNC2. The fourth-order valence-corrected chi connectivity index (χ4v) is 5.34. The predicted molar refractivity (Wildman–Crippen MR) is 87.4 cm³/mol. The largest absolute Gasteiger partial charge is 0.312 e. The highest BCUT2D eigenvalue weighted by Crippen LogP contribution is 2.42. The molecule has 1 atom stereocenters. The van der Waals surface area contributed by atoms with Crippen LogP contribution in [-0.2, 0) is 13.0 Å². The second kappa shape index (κ2) is 5.51. The second-order valence-corrected chi connectivity index (χ2v) is 7.68. The van der Waals surface area contributed by atoms with Crippen LogP contribution >= 0.6 is 23.1 Å². The van der Waals surface area contributed by atoms with Crippen molar-refractivity contribution in [3.63, 3.8) is 0 Å². The number of nitrogens with zero attached hydrogens (tertiary/aromatic N) is 1. The Balaban J connectivity index is 1.63. The molecule has 1 saturated heterocycles. The van der Waals surface area contributed by atoms with E-state index < -0.39 is 0 Å². The average Bonchev–Trinajstić information content (AvgIpc) is 3.17. The smallest absolute Gasteiger partial charge is 0.106 e. The lowest BCUT2D eigenvalue weighted by Crippen LogP contribution is -2.23. The molecule has 2 aliphatic rings. The summed E-state index contributed by atoms with van der Waals surface area (Å²) in [6.45, 7) is 2.11. The molecule has 0 spiro atoms. The monoisotopic (exact) mass is 302 g/mol. The molecule has 2 aliphatic heterocycles. The van der Waals surface area contributed by atoms with Gasteiger partial charge in [-0.25, -0.2) is 4.98 Å². The molecule has 1 aromatic carbocycles. The highest BCUT2D eigenvalue weighted by molar-refractivity contribution is 7.99. The molecule has 1 aromatic heterocycles. The van der Waals surface area contributed by atoms with Crippen molar-refractivity contribution in [3.05, 3.63) is 39.7 Å². The van der Waals surface area contributed by atoms with Gasteiger partial charge in [-0.05, 0) is 48.8 Å². The zero-order chi connectivity index (χ0) is 13.4. The summed E-state index contributed by atoms with van der Waals surface area (Å²) in [6.07, 6.45) is 3.78. The van der Waals surface area contributed by atoms with E-state index in [4.69, 9.17) is 4.98 Å². The first-order valence-corrected chi connectivity index (χ1v) is 9.23. The molecule has 0 bridgehead atoms. The van der Waals surface area contributed by atoms with Gasteiger partial charge in [0.05, 0.1) is 10.9 Å². The van der Waals surface area contributed by atoms with Gasteiger partial charge in [0.1, 0.15) is 5.01 Å². The first-order chi connectivity index (χ1) is 9.90. The molecule has 4 heteroatoms. The van der Waals surface area contributed by atoms with Gasteiger partial charge < -0.3 is 5.32 Å². The summed E-state index contributed by atoms with van der Waals surface area (Å²) in [5.74, 6) is 1.30. The van der Waals surface area contributed by atoms with Crippen LogP contribution in [0.2, 0.25) is 0 Å². The summed E-state index contributed by atoms with van der Waals surface area (Å²) in [6, 6.07) is 6.84. The van der Waals surface area contributed by atoms with Crippen molar-refractivity contribution < 1.29 is 0 Å². The fourth-order valence-electron chi connectivity index (χ4n) is 2.98. The lowest BCUT2D eigenvalue weighted by atomic mass is 9.98. The molecule has 1 fully saturated rings. The van der Waals surface area contributed by atoms with Gasteiger partial charge in [0.15, 0.2) is 0 Å². The Labute approximate surface area is 128 Å². The van der Waals surface area contributed by atoms with Crippen molar-refractivity contribution in [1.82, 2.24) is 10.3 Å². The topological polar surface area (TPSA) is 24.9 Å². The third kappa shape index (κ3) is 2.41. The van der Waals surface area contributed by atoms with E-state index >= 15 is 0 Å². The number of benzene rings is 1. The first kappa shape index (κ1) is 12.9. The third-order valence-electron chi connectivity index (χ3n) is 4.12. The van der Waals surface area contributed by atoms with Gasteiger partial charge in [-0.3, -0.25) is 0 Å². The van der Waals surface area contributed by atoms with E-state index in [0.717, 1.165) is 19.5 Å². The summed E-state index contributed by atoms with van der Waals surface area (Å²) in [7, 11) is 0. The van der Waals surface area contributed by atoms with E-state index in [0.29, 0.717) is 5.25 Å². The summed E-state index contributed by atoms with van der Waals surface area (Å²) in [4.78, 5) is 4.89. The van der Waals surface area contributed by atoms with Crippen LogP contribution in [0, 0.1) is 0 Å². The fraction of sp³-hybridized carbons (Fsp3) is 0.438. The van der Waals surface area contributed by atoms with Gasteiger partial charge in [0.2, 0.25) is 0 Å². The molecule has 20 heavy (non-hydrogen) atoms. The van der Waals surface area contributed by atoms with Crippen LogP contribution in [0.5, 0.6) is 0 Å². The molecule has 104 valence electrons. The van der Waals surface area contributed by atoms with E-state index in [2.05, 4.69) is 40.7 Å². The van der Waals surface area contributed by atoms with Crippen LogP contribution in [0.4, 0.5) is 0 Å². The number of thiazole rings is 1. The Morgan fingerprint density at radius 1 is 1.25 bits per heavy atom. The van der Waals surface area contributed by atoms with Crippen LogP contribution in [0.15, 0.2) is 23.6 Å². The first-order valence-electron chi connectivity index (χ1n) is 7.30. The molecule has 4 rings (SSSR count). The van der Waals surface area contributed by atoms with Crippen LogP contribution in [0.1, 0.15) is 34.2 Å². The van der Waals surface area contributed by atoms with Crippen LogP contribution in [0.3, 0.4) is 0 Å². The van der Waals surface area contributed by atoms with Crippen molar-refractivity contribution >= 4 is 23.1 Å². The Bertz CT molecular complexity index is 615. The molecule has 0 amide bonds. The summed E-state index contributed by atoms with van der Waals surface area (Å²) >= 11 is 3.90. The number of hydrogen-bond donors (Lipinski definition) is 1. The molecular formula is C16H18N2S2. The zero-order valence-corrected chi connectivity index (χ0v) is 13.0. The summed E-state index contributed by atoms with van der Waals surface area (Å²) in [5, 5.41) is 7.63. The van der Waals surface area contributed by atoms with Gasteiger partial charge in [0, 0.05) is 17.5 Å². The number of rotatable bonds is 2. The minimum atomic E-state index is 0.649. The van der Waals surface area contributed by atoms with Crippen LogP contribution < -0.4 is 5.32 Å². The Morgan fingerprint density at radius 2 is 2.25 bits per heavy atom. The molecule has 1 N–H and O–H groups in total. The quantitative estimate of drug-likeness (QED) is 0.907. The standard InChI is InChI=1S/C16H18N2S2/c1-2-15(19-7-1)16-18-14(10-20-16)12-3-4-13-9-17-6-5-11(13)8-12/h3-4,8,10,15,17H,1-2,5-7,9H2. The minimum absolute atomic E-state index is 0.649. The van der Waals surface area contributed by atoms with E-state index in [1.54, 1.807) is 0 Å². The van der Waals surface area contributed by atoms with Crippen molar-refractivity contribution in [3.8, 4) is 11.3 Å². The number of aromatic nitrogens is 1. The number of thioether (sulfide) groups is 1. The maximum Gasteiger partial charge on any atom is 0.106 e. The van der Waals surface area contributed by atoms with Crippen molar-refractivity contribution in [1.29, 1.82) is 0 Å². The van der Waals surface area contributed by atoms with E-state index in [1.807, 2.05) is 11.3 Å². The summed E-state index contributed by atoms with van der Waals surface area (Å²) in [5.41, 5.74) is 5.39. The number of hydrogen-bond acceptors (Lipinski definition) is 4. The lowest BCUT2D eigenvalue weighted by molar-refractivity contribution is 0.644. The Morgan fingerprint density at radius 3 is 3.15 bits per heavy atom. The Kier molecular flexibility index (Phi) is 3.54. The number of nitrogens with one attached hydrogen (secondary N) is 1. The highest BCUT2D eigenvalue weighted by atomic mass is 32.2. The van der Waals surface area contributed by atoms with E-state index in [-0.39, 0.29) is 0 Å². The molecule has 1 unspecified atom stereocenters. The van der Waals surface area contributed by atoms with Crippen molar-refractivity contribution in [2.24, 2.45) is 0 Å². The van der Waals surface area contributed by atoms with Gasteiger partial charge >= 0.3 is 0 Å². The zero-order valence-electron chi connectivity index (χ0n) is 11.4. The molecule has 3 heterocycles. The molecule has 0 aliphatic carbocycles. The lowest BCUT2D eigenvalue weighted by Gasteiger charge is -2.17. The maximum atomic E-state index is 4.89. The van der Waals surface area contributed by atoms with E-state index in [9.17, 15) is 0 Å². The van der Waals surface area contributed by atoms with Crippen molar-refractivity contribution in [2.45, 2.75) is 31.1 Å². The highest BCUT2D eigenvalue weighted by Gasteiger charge is 2.21. The Hall–Kier alpha value is -0.840. The van der Waals surface area contributed by atoms with Crippen LogP contribution in [-0.4, -0.2) is 17.3 Å². The maximum absolute atomic E-state index is 4.89. The predicted octanol–water partition coefficient (Wildman–Crippen LogP) is 4.02. The molecule has 0 saturated carbocycles. The number of fused-ring (bicyclic) bond motifs is 1. The molecule has 2 aromatic rings. The molecule has 2 nitrogen and oxygen atoms in total. The van der Waals surface area contributed by atoms with E-state index in [1.165, 1.54) is 46.0 Å². The van der Waals surface area contributed by atoms with Crippen molar-refractivity contribution in [2.75, 3.05) is 12.3 Å². The second-order valence-electron chi connectivity index (χ2n) is 5.48. The normalized spacial score (nSPS) is 21.9. The average molecular weight is 302 g/mol. The van der Waals surface area contributed by atoms with Gasteiger partial charge in [-0.1, -0.05) is 12.1 Å². The van der Waals surface area contributed by atoms with Gasteiger partial charge in [-0.15, -0.1) is 11.3 Å². The van der Waals surface area contributed by atoms with Crippen LogP contribution in [0.25, 0.3) is 11.3 Å². The summed E-state index contributed by atoms with van der Waals surface area (Å²) < 4.78 is 0. The van der Waals surface area contributed by atoms with Gasteiger partial charge in [0.25, 0.3) is 0 Å².